The minimum absolute atomic E-state index is 0.0918. The van der Waals surface area contributed by atoms with Crippen molar-refractivity contribution in [3.63, 3.8) is 0 Å². The molecule has 0 fully saturated rings. The number of unbranched alkanes of at least 4 members (excludes halogenated alkanes) is 2. The van der Waals surface area contributed by atoms with E-state index in [1.807, 2.05) is 38.1 Å². The van der Waals surface area contributed by atoms with Crippen LogP contribution in [0.2, 0.25) is 0 Å². The van der Waals surface area contributed by atoms with Crippen LogP contribution in [0.1, 0.15) is 62.1 Å². The van der Waals surface area contributed by atoms with Gasteiger partial charge in [0.05, 0.1) is 18.6 Å². The monoisotopic (exact) mass is 487 g/mol. The molecule has 3 amide bonds. The molecule has 0 bridgehead atoms. The summed E-state index contributed by atoms with van der Waals surface area (Å²) in [7, 11) is 0. The van der Waals surface area contributed by atoms with Gasteiger partial charge >= 0.3 is 6.15 Å². The number of hydrogen-bond acceptors (Lipinski definition) is 7. The molecular formula is C25H33N3O7. The van der Waals surface area contributed by atoms with Gasteiger partial charge in [-0.05, 0) is 31.9 Å². The van der Waals surface area contributed by atoms with E-state index in [-0.39, 0.29) is 24.5 Å². The molecule has 0 aliphatic heterocycles. The Morgan fingerprint density at radius 2 is 1.74 bits per heavy atom. The highest BCUT2D eigenvalue weighted by atomic mass is 16.5. The molecule has 1 aromatic heterocycles. The highest BCUT2D eigenvalue weighted by molar-refractivity contribution is 5.92. The number of amides is 3. The van der Waals surface area contributed by atoms with Crippen molar-refractivity contribution in [2.45, 2.75) is 58.9 Å². The Morgan fingerprint density at radius 1 is 1.09 bits per heavy atom. The first-order chi connectivity index (χ1) is 16.8. The highest BCUT2D eigenvalue weighted by Crippen LogP contribution is 2.23. The van der Waals surface area contributed by atoms with Gasteiger partial charge in [-0.3, -0.25) is 19.6 Å². The van der Waals surface area contributed by atoms with Crippen LogP contribution in [-0.4, -0.2) is 47.4 Å². The summed E-state index contributed by atoms with van der Waals surface area (Å²) >= 11 is 0. The first kappa shape index (κ1) is 29.3. The summed E-state index contributed by atoms with van der Waals surface area (Å²) in [6.45, 7) is 5.77. The minimum atomic E-state index is -0.623. The quantitative estimate of drug-likeness (QED) is 0.129. The normalized spacial score (nSPS) is 11.8. The summed E-state index contributed by atoms with van der Waals surface area (Å²) in [6.07, 6.45) is 4.28. The highest BCUT2D eigenvalue weighted by Gasteiger charge is 2.30. The van der Waals surface area contributed by atoms with Gasteiger partial charge in [-0.25, -0.2) is 5.06 Å². The second kappa shape index (κ2) is 16.0. The van der Waals surface area contributed by atoms with E-state index >= 15 is 0 Å². The predicted molar refractivity (Wildman–Crippen MR) is 126 cm³/mol. The summed E-state index contributed by atoms with van der Waals surface area (Å²) in [5.74, 6) is -0.625. The van der Waals surface area contributed by atoms with Crippen molar-refractivity contribution >= 4 is 24.4 Å². The number of hydroxylamine groups is 2. The Kier molecular flexibility index (Phi) is 13.4. The Hall–Kier alpha value is -3.75. The molecule has 10 heteroatoms. The van der Waals surface area contributed by atoms with Gasteiger partial charge in [0, 0.05) is 5.56 Å². The van der Waals surface area contributed by atoms with Crippen molar-refractivity contribution in [2.75, 3.05) is 6.67 Å². The fraction of sp³-hybridized carbons (Fsp3) is 0.440. The Morgan fingerprint density at radius 3 is 2.31 bits per heavy atom. The molecule has 10 nitrogen and oxygen atoms in total. The van der Waals surface area contributed by atoms with Crippen molar-refractivity contribution in [1.29, 1.82) is 0 Å². The molecule has 190 valence electrons. The number of hydrogen-bond donors (Lipinski definition) is 3. The smallest absolute Gasteiger partial charge is 0.373 e. The van der Waals surface area contributed by atoms with E-state index in [1.165, 1.54) is 0 Å². The summed E-state index contributed by atoms with van der Waals surface area (Å²) in [4.78, 5) is 52.4. The zero-order chi connectivity index (χ0) is 26.2. The van der Waals surface area contributed by atoms with Crippen molar-refractivity contribution in [3.05, 3.63) is 47.7 Å². The third kappa shape index (κ3) is 9.56. The standard InChI is InChI=1S/C24H33N3O5.CO2/c1-4-6-7-8-19(20(5-2)27(31)16-28)23(29)25-15-26-24(30)22-14-13-21(32-22)18-11-9-17(3)10-12-18;2-1-3/h9-14,16,19-20,31H,4-8,15H2,1-3H3,(H,25,29)(H,26,30);/t19-,20-;/m1./s1. The second-order valence-corrected chi connectivity index (χ2v) is 7.90. The van der Waals surface area contributed by atoms with Crippen LogP contribution >= 0.6 is 0 Å². The maximum Gasteiger partial charge on any atom is 0.373 e. The number of rotatable bonds is 13. The molecule has 2 aromatic rings. The zero-order valence-corrected chi connectivity index (χ0v) is 20.3. The number of nitrogens with zero attached hydrogens (tertiary/aromatic N) is 1. The zero-order valence-electron chi connectivity index (χ0n) is 20.3. The van der Waals surface area contributed by atoms with Gasteiger partial charge in [0.2, 0.25) is 12.3 Å². The molecule has 2 rings (SSSR count). The van der Waals surface area contributed by atoms with Crippen LogP contribution in [0, 0.1) is 12.8 Å². The molecule has 0 radical (unpaired) electrons. The van der Waals surface area contributed by atoms with Crippen molar-refractivity contribution < 1.29 is 33.6 Å². The average Bonchev–Trinajstić information content (AvgIpc) is 3.34. The van der Waals surface area contributed by atoms with E-state index in [0.29, 0.717) is 30.1 Å². The van der Waals surface area contributed by atoms with Crippen LogP contribution < -0.4 is 10.6 Å². The van der Waals surface area contributed by atoms with Crippen LogP contribution in [0.3, 0.4) is 0 Å². The first-order valence-corrected chi connectivity index (χ1v) is 11.5. The van der Waals surface area contributed by atoms with Crippen LogP contribution in [0.5, 0.6) is 0 Å². The number of carbonyl (C=O) groups excluding carboxylic acids is 5. The van der Waals surface area contributed by atoms with Gasteiger partial charge in [-0.1, -0.05) is 62.9 Å². The lowest BCUT2D eigenvalue weighted by Gasteiger charge is -2.29. The van der Waals surface area contributed by atoms with Crippen LogP contribution in [0.15, 0.2) is 40.8 Å². The van der Waals surface area contributed by atoms with Gasteiger partial charge < -0.3 is 15.1 Å². The number of carbonyl (C=O) groups is 3. The van der Waals surface area contributed by atoms with E-state index in [9.17, 15) is 19.6 Å². The molecule has 0 spiro atoms. The largest absolute Gasteiger partial charge is 0.451 e. The number of furan rings is 1. The second-order valence-electron chi connectivity index (χ2n) is 7.90. The molecule has 2 atom stereocenters. The maximum atomic E-state index is 12.8. The molecule has 0 aliphatic rings. The van der Waals surface area contributed by atoms with Crippen molar-refractivity contribution in [1.82, 2.24) is 15.7 Å². The molecule has 1 heterocycles. The summed E-state index contributed by atoms with van der Waals surface area (Å²) in [5.41, 5.74) is 2.00. The van der Waals surface area contributed by atoms with Gasteiger partial charge in [-0.15, -0.1) is 0 Å². The lowest BCUT2D eigenvalue weighted by Crippen LogP contribution is -2.47. The van der Waals surface area contributed by atoms with Gasteiger partial charge in [0.15, 0.2) is 5.76 Å². The Bertz CT molecular complexity index is 966. The van der Waals surface area contributed by atoms with Crippen LogP contribution in [0.25, 0.3) is 11.3 Å². The molecule has 0 aliphatic carbocycles. The SMILES string of the molecule is CCCCC[C@@H](C(=O)NCNC(=O)c1ccc(-c2ccc(C)cc2)o1)[C@@H](CC)N(O)C=O.O=C=O. The fourth-order valence-corrected chi connectivity index (χ4v) is 3.61. The third-order valence-corrected chi connectivity index (χ3v) is 5.46. The molecule has 35 heavy (non-hydrogen) atoms. The average molecular weight is 488 g/mol. The first-order valence-electron chi connectivity index (χ1n) is 11.5. The van der Waals surface area contributed by atoms with E-state index in [4.69, 9.17) is 14.0 Å². The lowest BCUT2D eigenvalue weighted by molar-refractivity contribution is -0.191. The van der Waals surface area contributed by atoms with E-state index in [1.54, 1.807) is 12.1 Å². The Labute approximate surface area is 204 Å². The molecule has 0 saturated carbocycles. The molecular weight excluding hydrogens is 454 g/mol. The van der Waals surface area contributed by atoms with Gasteiger partial charge in [0.1, 0.15) is 5.76 Å². The summed E-state index contributed by atoms with van der Waals surface area (Å²) in [5, 5.41) is 15.7. The maximum absolute atomic E-state index is 12.8. The molecule has 3 N–H and O–H groups in total. The van der Waals surface area contributed by atoms with Crippen LogP contribution in [-0.2, 0) is 19.2 Å². The molecule has 0 unspecified atom stereocenters. The molecule has 0 saturated heterocycles. The van der Waals surface area contributed by atoms with E-state index in [2.05, 4.69) is 17.6 Å². The van der Waals surface area contributed by atoms with Crippen molar-refractivity contribution in [2.24, 2.45) is 5.92 Å². The number of aryl methyl sites for hydroxylation is 1. The van der Waals surface area contributed by atoms with Gasteiger partial charge in [0.25, 0.3) is 5.91 Å². The third-order valence-electron chi connectivity index (χ3n) is 5.46. The topological polar surface area (TPSA) is 146 Å². The summed E-state index contributed by atoms with van der Waals surface area (Å²) in [6, 6.07) is 10.5. The lowest BCUT2D eigenvalue weighted by atomic mass is 9.90. The fourth-order valence-electron chi connectivity index (χ4n) is 3.61. The van der Waals surface area contributed by atoms with E-state index < -0.39 is 17.9 Å². The number of nitrogens with one attached hydrogen (secondary N) is 2. The predicted octanol–water partition coefficient (Wildman–Crippen LogP) is 3.30. The Balaban J connectivity index is 0.00000194. The minimum Gasteiger partial charge on any atom is -0.451 e. The van der Waals surface area contributed by atoms with E-state index in [0.717, 1.165) is 30.4 Å². The van der Waals surface area contributed by atoms with Gasteiger partial charge in [-0.2, -0.15) is 9.59 Å². The van der Waals surface area contributed by atoms with Crippen molar-refractivity contribution in [3.8, 4) is 11.3 Å². The summed E-state index contributed by atoms with van der Waals surface area (Å²) < 4.78 is 5.64. The van der Waals surface area contributed by atoms with Crippen LogP contribution in [0.4, 0.5) is 0 Å². The number of benzene rings is 1. The molecule has 1 aromatic carbocycles.